The number of hydrogen-bond donors (Lipinski definition) is 1. The van der Waals surface area contributed by atoms with Crippen molar-refractivity contribution in [3.05, 3.63) is 24.0 Å². The van der Waals surface area contributed by atoms with Crippen molar-refractivity contribution in [3.8, 4) is 0 Å². The van der Waals surface area contributed by atoms with Gasteiger partial charge in [-0.3, -0.25) is 4.79 Å². The second-order valence-electron chi connectivity index (χ2n) is 5.13. The van der Waals surface area contributed by atoms with Crippen LogP contribution in [0.5, 0.6) is 0 Å². The molecule has 22 heavy (non-hydrogen) atoms. The summed E-state index contributed by atoms with van der Waals surface area (Å²) in [5, 5.41) is 0. The molecule has 6 nitrogen and oxygen atoms in total. The number of amides is 1. The molecule has 0 bridgehead atoms. The van der Waals surface area contributed by atoms with Crippen LogP contribution in [0.3, 0.4) is 0 Å². The lowest BCUT2D eigenvalue weighted by Crippen LogP contribution is -2.47. The monoisotopic (exact) mass is 329 g/mol. The molecule has 1 aliphatic heterocycles. The van der Waals surface area contributed by atoms with Gasteiger partial charge in [-0.05, 0) is 31.7 Å². The summed E-state index contributed by atoms with van der Waals surface area (Å²) in [6.07, 6.45) is 0.929. The average molecular weight is 329 g/mol. The van der Waals surface area contributed by atoms with E-state index in [0.717, 1.165) is 18.7 Å². The quantitative estimate of drug-likeness (QED) is 0.873. The van der Waals surface area contributed by atoms with E-state index in [0.29, 0.717) is 18.8 Å². The van der Waals surface area contributed by atoms with E-state index in [9.17, 15) is 17.6 Å². The fourth-order valence-electron chi connectivity index (χ4n) is 2.52. The van der Waals surface area contributed by atoms with E-state index in [1.807, 2.05) is 6.92 Å². The minimum absolute atomic E-state index is 0.342. The lowest BCUT2D eigenvalue weighted by atomic mass is 10.1. The van der Waals surface area contributed by atoms with Gasteiger partial charge in [0.1, 0.15) is 11.6 Å². The van der Waals surface area contributed by atoms with Gasteiger partial charge in [-0.1, -0.05) is 6.92 Å². The van der Waals surface area contributed by atoms with Gasteiger partial charge in [-0.2, -0.15) is 0 Å². The van der Waals surface area contributed by atoms with E-state index in [1.54, 1.807) is 6.07 Å². The number of hydrogen-bond acceptors (Lipinski definition) is 4. The third-order valence-electron chi connectivity index (χ3n) is 3.58. The molecule has 0 aliphatic carbocycles. The second kappa shape index (κ2) is 6.62. The minimum Gasteiger partial charge on any atom is -0.368 e. The van der Waals surface area contributed by atoms with Gasteiger partial charge in [0.25, 0.3) is 0 Å². The van der Waals surface area contributed by atoms with Gasteiger partial charge >= 0.3 is 0 Å². The van der Waals surface area contributed by atoms with E-state index in [1.165, 1.54) is 24.1 Å². The van der Waals surface area contributed by atoms with Gasteiger partial charge in [0, 0.05) is 19.6 Å². The Kier molecular flexibility index (Phi) is 5.02. The van der Waals surface area contributed by atoms with Gasteiger partial charge in [0.2, 0.25) is 15.9 Å². The zero-order valence-electron chi connectivity index (χ0n) is 12.7. The molecule has 122 valence electrons. The van der Waals surface area contributed by atoms with Crippen LogP contribution >= 0.6 is 0 Å². The zero-order chi connectivity index (χ0) is 16.3. The van der Waals surface area contributed by atoms with Crippen molar-refractivity contribution >= 4 is 27.3 Å². The van der Waals surface area contributed by atoms with Crippen LogP contribution in [-0.2, 0) is 14.8 Å². The van der Waals surface area contributed by atoms with Gasteiger partial charge < -0.3 is 9.80 Å². The number of anilines is 2. The maximum Gasteiger partial charge on any atom is 0.243 e. The summed E-state index contributed by atoms with van der Waals surface area (Å²) in [4.78, 5) is 15.7. The molecule has 1 aromatic carbocycles. The Morgan fingerprint density at radius 2 is 2.05 bits per heavy atom. The second-order valence-corrected chi connectivity index (χ2v) is 7.06. The van der Waals surface area contributed by atoms with Gasteiger partial charge in [-0.25, -0.2) is 17.5 Å². The normalized spacial score (nSPS) is 14.9. The molecule has 1 amide bonds. The van der Waals surface area contributed by atoms with E-state index in [2.05, 4.69) is 9.62 Å². The molecule has 0 unspecified atom stereocenters. The molecule has 0 fully saturated rings. The number of rotatable bonds is 5. The van der Waals surface area contributed by atoms with Crippen LogP contribution < -0.4 is 14.5 Å². The van der Waals surface area contributed by atoms with Crippen molar-refractivity contribution in [2.24, 2.45) is 0 Å². The Balaban J connectivity index is 2.33. The molecular formula is C14H20FN3O3S. The number of carbonyl (C=O) groups is 1. The van der Waals surface area contributed by atoms with Gasteiger partial charge in [-0.15, -0.1) is 0 Å². The fraction of sp³-hybridized carbons (Fsp3) is 0.500. The van der Waals surface area contributed by atoms with Crippen LogP contribution in [0.4, 0.5) is 15.8 Å². The summed E-state index contributed by atoms with van der Waals surface area (Å²) in [7, 11) is -2.39. The topological polar surface area (TPSA) is 69.7 Å². The predicted molar refractivity (Wildman–Crippen MR) is 84.1 cm³/mol. The summed E-state index contributed by atoms with van der Waals surface area (Å²) in [6, 6.07) is 4.26. The Labute approximate surface area is 130 Å². The molecule has 0 aromatic heterocycles. The molecule has 0 spiro atoms. The van der Waals surface area contributed by atoms with E-state index >= 15 is 0 Å². The van der Waals surface area contributed by atoms with E-state index in [-0.39, 0.29) is 0 Å². The highest BCUT2D eigenvalue weighted by atomic mass is 32.2. The number of nitrogens with zero attached hydrogens (tertiary/aromatic N) is 2. The Morgan fingerprint density at radius 1 is 1.32 bits per heavy atom. The standard InChI is InChI=1S/C14H20FN3O3S/c1-3-6-17-7-8-18(14(19)10-22(20,21)16-2)13-9-11(15)4-5-12(13)17/h4-5,9,16H,3,6-8,10H2,1-2H3. The number of sulfonamides is 1. The van der Waals surface area contributed by atoms with E-state index in [4.69, 9.17) is 0 Å². The first-order valence-corrected chi connectivity index (χ1v) is 8.79. The van der Waals surface area contributed by atoms with Crippen LogP contribution in [-0.4, -0.2) is 46.8 Å². The molecule has 0 saturated heterocycles. The molecule has 0 saturated carbocycles. The van der Waals surface area contributed by atoms with Crippen LogP contribution in [0.15, 0.2) is 18.2 Å². The van der Waals surface area contributed by atoms with Crippen molar-refractivity contribution in [3.63, 3.8) is 0 Å². The largest absolute Gasteiger partial charge is 0.368 e. The first kappa shape index (κ1) is 16.7. The molecule has 1 aliphatic rings. The van der Waals surface area contributed by atoms with Crippen molar-refractivity contribution < 1.29 is 17.6 Å². The first-order valence-electron chi connectivity index (χ1n) is 7.14. The van der Waals surface area contributed by atoms with Crippen LogP contribution in [0, 0.1) is 5.82 Å². The lowest BCUT2D eigenvalue weighted by Gasteiger charge is -2.37. The van der Waals surface area contributed by atoms with Gasteiger partial charge in [0.05, 0.1) is 11.4 Å². The van der Waals surface area contributed by atoms with Crippen molar-refractivity contribution in [1.82, 2.24) is 4.72 Å². The molecule has 1 aromatic rings. The van der Waals surface area contributed by atoms with Crippen molar-refractivity contribution in [2.45, 2.75) is 13.3 Å². The summed E-state index contributed by atoms with van der Waals surface area (Å²) in [6.45, 7) is 3.78. The number of benzene rings is 1. The lowest BCUT2D eigenvalue weighted by molar-refractivity contribution is -0.116. The molecule has 1 N–H and O–H groups in total. The Bertz CT molecular complexity index is 663. The number of carbonyl (C=O) groups excluding carboxylic acids is 1. The molecule has 2 rings (SSSR count). The summed E-state index contributed by atoms with van der Waals surface area (Å²) >= 11 is 0. The van der Waals surface area contributed by atoms with Crippen LogP contribution in [0.25, 0.3) is 0 Å². The highest BCUT2D eigenvalue weighted by molar-refractivity contribution is 7.90. The highest BCUT2D eigenvalue weighted by Gasteiger charge is 2.29. The predicted octanol–water partition coefficient (Wildman–Crippen LogP) is 0.938. The smallest absolute Gasteiger partial charge is 0.243 e. The number of fused-ring (bicyclic) bond motifs is 1. The van der Waals surface area contributed by atoms with E-state index < -0.39 is 27.5 Å². The van der Waals surface area contributed by atoms with Crippen LogP contribution in [0.1, 0.15) is 13.3 Å². The average Bonchev–Trinajstić information content (AvgIpc) is 2.47. The molecular weight excluding hydrogens is 309 g/mol. The summed E-state index contributed by atoms with van der Waals surface area (Å²) < 4.78 is 38.8. The number of halogens is 1. The maximum absolute atomic E-state index is 13.6. The van der Waals surface area contributed by atoms with Gasteiger partial charge in [0.15, 0.2) is 0 Å². The molecule has 8 heteroatoms. The van der Waals surface area contributed by atoms with Crippen molar-refractivity contribution in [1.29, 1.82) is 0 Å². The fourth-order valence-corrected chi connectivity index (χ4v) is 3.14. The maximum atomic E-state index is 13.6. The molecule has 1 heterocycles. The minimum atomic E-state index is -3.65. The third kappa shape index (κ3) is 3.56. The molecule has 0 atom stereocenters. The zero-order valence-corrected chi connectivity index (χ0v) is 13.5. The Morgan fingerprint density at radius 3 is 2.68 bits per heavy atom. The SMILES string of the molecule is CCCN1CCN(C(=O)CS(=O)(=O)NC)c2cc(F)ccc21. The summed E-state index contributed by atoms with van der Waals surface area (Å²) in [5.74, 6) is -1.66. The number of nitrogens with one attached hydrogen (secondary N) is 1. The third-order valence-corrected chi connectivity index (χ3v) is 4.83. The Hall–Kier alpha value is -1.67. The summed E-state index contributed by atoms with van der Waals surface area (Å²) in [5.41, 5.74) is 1.18. The van der Waals surface area contributed by atoms with Crippen LogP contribution in [0.2, 0.25) is 0 Å². The first-order chi connectivity index (χ1) is 10.4. The van der Waals surface area contributed by atoms with Crippen molar-refractivity contribution in [2.75, 3.05) is 42.2 Å². The highest BCUT2D eigenvalue weighted by Crippen LogP contribution is 2.34. The molecule has 0 radical (unpaired) electrons.